The second kappa shape index (κ2) is 9.38. The lowest BCUT2D eigenvalue weighted by molar-refractivity contribution is -0.125. The summed E-state index contributed by atoms with van der Waals surface area (Å²) in [6.07, 6.45) is 1.89. The van der Waals surface area contributed by atoms with Crippen LogP contribution < -0.4 is 10.6 Å². The molecule has 6 heteroatoms. The molecule has 0 aliphatic carbocycles. The van der Waals surface area contributed by atoms with Crippen LogP contribution in [0.3, 0.4) is 0 Å². The predicted molar refractivity (Wildman–Crippen MR) is 105 cm³/mol. The molecule has 1 atom stereocenters. The van der Waals surface area contributed by atoms with Gasteiger partial charge in [0.15, 0.2) is 0 Å². The highest BCUT2D eigenvalue weighted by molar-refractivity contribution is 6.30. The second-order valence-electron chi connectivity index (χ2n) is 7.61. The van der Waals surface area contributed by atoms with Crippen molar-refractivity contribution in [3.05, 3.63) is 34.9 Å². The van der Waals surface area contributed by atoms with Crippen LogP contribution in [0.25, 0.3) is 0 Å². The zero-order valence-electron chi connectivity index (χ0n) is 16.1. The summed E-state index contributed by atoms with van der Waals surface area (Å²) < 4.78 is 0. The molecular formula is C20H30ClN3O2. The van der Waals surface area contributed by atoms with Crippen molar-refractivity contribution in [2.45, 2.75) is 58.7 Å². The van der Waals surface area contributed by atoms with Gasteiger partial charge in [-0.15, -0.1) is 0 Å². The number of nitrogens with zero attached hydrogens (tertiary/aromatic N) is 1. The van der Waals surface area contributed by atoms with Gasteiger partial charge in [0, 0.05) is 35.8 Å². The zero-order chi connectivity index (χ0) is 19.3. The molecule has 1 aromatic rings. The Bertz CT molecular complexity index is 608. The van der Waals surface area contributed by atoms with Crippen LogP contribution in [0.1, 0.15) is 50.9 Å². The van der Waals surface area contributed by atoms with Gasteiger partial charge < -0.3 is 15.5 Å². The summed E-state index contributed by atoms with van der Waals surface area (Å²) in [5, 5.41) is 6.56. The molecule has 0 bridgehead atoms. The minimum Gasteiger partial charge on any atom is -0.351 e. The Balaban J connectivity index is 1.93. The van der Waals surface area contributed by atoms with Gasteiger partial charge in [-0.25, -0.2) is 0 Å². The zero-order valence-corrected chi connectivity index (χ0v) is 16.8. The lowest BCUT2D eigenvalue weighted by Crippen LogP contribution is -2.54. The third-order valence-electron chi connectivity index (χ3n) is 4.95. The SMILES string of the molecule is CC(C)[C@H](NC(=O)c1ccc(Cl)cc1)C(=O)NC1CCN(C(C)C)CC1. The minimum absolute atomic E-state index is 0.00185. The van der Waals surface area contributed by atoms with Crippen LogP contribution in [0.4, 0.5) is 0 Å². The van der Waals surface area contributed by atoms with Crippen molar-refractivity contribution in [1.29, 1.82) is 0 Å². The van der Waals surface area contributed by atoms with Crippen molar-refractivity contribution in [2.75, 3.05) is 13.1 Å². The average molecular weight is 380 g/mol. The molecule has 2 amide bonds. The maximum absolute atomic E-state index is 12.7. The number of piperidine rings is 1. The first-order chi connectivity index (χ1) is 12.3. The molecule has 2 N–H and O–H groups in total. The molecule has 1 aromatic carbocycles. The van der Waals surface area contributed by atoms with Gasteiger partial charge >= 0.3 is 0 Å². The summed E-state index contributed by atoms with van der Waals surface area (Å²) in [4.78, 5) is 27.6. The first-order valence-electron chi connectivity index (χ1n) is 9.38. The summed E-state index contributed by atoms with van der Waals surface area (Å²) in [6, 6.07) is 6.82. The van der Waals surface area contributed by atoms with Crippen molar-refractivity contribution in [3.8, 4) is 0 Å². The molecule has 1 fully saturated rings. The van der Waals surface area contributed by atoms with Gasteiger partial charge in [-0.3, -0.25) is 9.59 Å². The van der Waals surface area contributed by atoms with Crippen LogP contribution in [-0.2, 0) is 4.79 Å². The number of hydrogen-bond donors (Lipinski definition) is 2. The molecule has 5 nitrogen and oxygen atoms in total. The minimum atomic E-state index is -0.554. The fourth-order valence-electron chi connectivity index (χ4n) is 3.21. The van der Waals surface area contributed by atoms with E-state index in [0.717, 1.165) is 25.9 Å². The van der Waals surface area contributed by atoms with E-state index in [1.54, 1.807) is 24.3 Å². The van der Waals surface area contributed by atoms with E-state index in [-0.39, 0.29) is 23.8 Å². The Labute approximate surface area is 161 Å². The van der Waals surface area contributed by atoms with Gasteiger partial charge in [0.1, 0.15) is 6.04 Å². The van der Waals surface area contributed by atoms with Gasteiger partial charge in [0.25, 0.3) is 5.91 Å². The number of nitrogens with one attached hydrogen (secondary N) is 2. The highest BCUT2D eigenvalue weighted by Gasteiger charge is 2.28. The Hall–Kier alpha value is -1.59. The van der Waals surface area contributed by atoms with E-state index < -0.39 is 6.04 Å². The molecule has 1 saturated heterocycles. The van der Waals surface area contributed by atoms with E-state index in [4.69, 9.17) is 11.6 Å². The van der Waals surface area contributed by atoms with Gasteiger partial charge in [0.2, 0.25) is 5.91 Å². The fraction of sp³-hybridized carbons (Fsp3) is 0.600. The van der Waals surface area contributed by atoms with Crippen LogP contribution in [0, 0.1) is 5.92 Å². The summed E-state index contributed by atoms with van der Waals surface area (Å²) in [7, 11) is 0. The number of hydrogen-bond acceptors (Lipinski definition) is 3. The average Bonchev–Trinajstić information content (AvgIpc) is 2.60. The quantitative estimate of drug-likeness (QED) is 0.798. The number of likely N-dealkylation sites (tertiary alicyclic amines) is 1. The number of rotatable bonds is 6. The van der Waals surface area contributed by atoms with Crippen LogP contribution >= 0.6 is 11.6 Å². The number of halogens is 1. The number of benzene rings is 1. The summed E-state index contributed by atoms with van der Waals surface area (Å²) in [5.74, 6) is -0.363. The van der Waals surface area contributed by atoms with E-state index in [0.29, 0.717) is 16.6 Å². The predicted octanol–water partition coefficient (Wildman–Crippen LogP) is 3.08. The third-order valence-corrected chi connectivity index (χ3v) is 5.20. The van der Waals surface area contributed by atoms with E-state index in [9.17, 15) is 9.59 Å². The van der Waals surface area contributed by atoms with Gasteiger partial charge in [0.05, 0.1) is 0 Å². The molecule has 0 radical (unpaired) electrons. The first kappa shape index (κ1) is 20.7. The normalized spacial score (nSPS) is 17.3. The number of carbonyl (C=O) groups is 2. The summed E-state index contributed by atoms with van der Waals surface area (Å²) >= 11 is 5.86. The smallest absolute Gasteiger partial charge is 0.251 e. The molecule has 144 valence electrons. The molecule has 1 aliphatic heterocycles. The lowest BCUT2D eigenvalue weighted by atomic mass is 9.99. The van der Waals surface area contributed by atoms with E-state index >= 15 is 0 Å². The van der Waals surface area contributed by atoms with Gasteiger partial charge in [-0.05, 0) is 56.9 Å². The number of carbonyl (C=O) groups excluding carboxylic acids is 2. The summed E-state index contributed by atoms with van der Waals surface area (Å²) in [6.45, 7) is 10.2. The molecule has 1 heterocycles. The Kier molecular flexibility index (Phi) is 7.47. The maximum atomic E-state index is 12.7. The van der Waals surface area contributed by atoms with Crippen LogP contribution in [0.2, 0.25) is 5.02 Å². The Morgan fingerprint density at radius 2 is 1.65 bits per heavy atom. The van der Waals surface area contributed by atoms with Crippen molar-refractivity contribution < 1.29 is 9.59 Å². The molecular weight excluding hydrogens is 350 g/mol. The first-order valence-corrected chi connectivity index (χ1v) is 9.76. The number of amides is 2. The molecule has 0 unspecified atom stereocenters. The van der Waals surface area contributed by atoms with Crippen molar-refractivity contribution in [1.82, 2.24) is 15.5 Å². The Morgan fingerprint density at radius 3 is 2.15 bits per heavy atom. The Morgan fingerprint density at radius 1 is 1.08 bits per heavy atom. The molecule has 2 rings (SSSR count). The highest BCUT2D eigenvalue weighted by atomic mass is 35.5. The van der Waals surface area contributed by atoms with E-state index in [1.807, 2.05) is 13.8 Å². The monoisotopic (exact) mass is 379 g/mol. The topological polar surface area (TPSA) is 61.4 Å². The fourth-order valence-corrected chi connectivity index (χ4v) is 3.34. The third kappa shape index (κ3) is 5.71. The van der Waals surface area contributed by atoms with Crippen LogP contribution in [0.5, 0.6) is 0 Å². The molecule has 0 spiro atoms. The van der Waals surface area contributed by atoms with Crippen molar-refractivity contribution in [2.24, 2.45) is 5.92 Å². The molecule has 26 heavy (non-hydrogen) atoms. The second-order valence-corrected chi connectivity index (χ2v) is 8.05. The van der Waals surface area contributed by atoms with Crippen molar-refractivity contribution in [3.63, 3.8) is 0 Å². The van der Waals surface area contributed by atoms with Crippen LogP contribution in [-0.4, -0.2) is 47.9 Å². The lowest BCUT2D eigenvalue weighted by Gasteiger charge is -2.35. The molecule has 1 aliphatic rings. The molecule has 0 saturated carbocycles. The van der Waals surface area contributed by atoms with Gasteiger partial charge in [-0.1, -0.05) is 25.4 Å². The van der Waals surface area contributed by atoms with Crippen molar-refractivity contribution >= 4 is 23.4 Å². The maximum Gasteiger partial charge on any atom is 0.251 e. The van der Waals surface area contributed by atoms with E-state index in [1.165, 1.54) is 0 Å². The molecule has 0 aromatic heterocycles. The van der Waals surface area contributed by atoms with Crippen LogP contribution in [0.15, 0.2) is 24.3 Å². The van der Waals surface area contributed by atoms with E-state index in [2.05, 4.69) is 29.4 Å². The summed E-state index contributed by atoms with van der Waals surface area (Å²) in [5.41, 5.74) is 0.498. The van der Waals surface area contributed by atoms with Gasteiger partial charge in [-0.2, -0.15) is 0 Å². The standard InChI is InChI=1S/C20H30ClN3O2/c1-13(2)18(23-19(25)15-5-7-16(21)8-6-15)20(26)22-17-9-11-24(12-10-17)14(3)4/h5-8,13-14,17-18H,9-12H2,1-4H3,(H,22,26)(H,23,25)/t18-/m0/s1. The highest BCUT2D eigenvalue weighted by Crippen LogP contribution is 2.14. The largest absolute Gasteiger partial charge is 0.351 e.